The first-order valence-corrected chi connectivity index (χ1v) is 10.6. The first kappa shape index (κ1) is 21.1. The maximum absolute atomic E-state index is 12.8. The fourth-order valence-electron chi connectivity index (χ4n) is 3.16. The van der Waals surface area contributed by atoms with Crippen LogP contribution in [-0.2, 0) is 14.9 Å². The predicted octanol–water partition coefficient (Wildman–Crippen LogP) is 1.84. The molecule has 1 fully saturated rings. The van der Waals surface area contributed by atoms with Crippen molar-refractivity contribution in [1.29, 1.82) is 0 Å². The second-order valence-corrected chi connectivity index (χ2v) is 8.53. The minimum absolute atomic E-state index is 0.0720. The van der Waals surface area contributed by atoms with Crippen molar-refractivity contribution in [2.45, 2.75) is 4.90 Å². The number of nitrogens with zero attached hydrogens (tertiary/aromatic N) is 3. The molecule has 9 heteroatoms. The zero-order valence-corrected chi connectivity index (χ0v) is 17.6. The lowest BCUT2D eigenvalue weighted by Crippen LogP contribution is -2.48. The molecule has 29 heavy (non-hydrogen) atoms. The van der Waals surface area contributed by atoms with E-state index in [-0.39, 0.29) is 10.8 Å². The van der Waals surface area contributed by atoms with E-state index >= 15 is 0 Å². The van der Waals surface area contributed by atoms with Crippen LogP contribution in [0.5, 0.6) is 5.75 Å². The highest BCUT2D eigenvalue weighted by atomic mass is 32.2. The third-order valence-electron chi connectivity index (χ3n) is 5.00. The normalized spacial score (nSPS) is 14.9. The molecule has 1 heterocycles. The van der Waals surface area contributed by atoms with Crippen molar-refractivity contribution in [2.24, 2.45) is 0 Å². The topological polar surface area (TPSA) is 79.4 Å². The standard InChI is InChI=1S/C20H25N3O5S/c1-21(28-3)29(25,26)19-10-4-16(5-11-19)20(24)23-14-12-22(13-15-23)17-6-8-18(27-2)9-7-17/h4-11H,12-15H2,1-3H3. The third kappa shape index (κ3) is 4.52. The summed E-state index contributed by atoms with van der Waals surface area (Å²) in [6.07, 6.45) is 0. The van der Waals surface area contributed by atoms with Gasteiger partial charge >= 0.3 is 0 Å². The number of ether oxygens (including phenoxy) is 1. The number of hydroxylamine groups is 1. The molecule has 3 rings (SSSR count). The number of amides is 1. The molecule has 2 aromatic rings. The van der Waals surface area contributed by atoms with E-state index in [4.69, 9.17) is 9.57 Å². The molecule has 8 nitrogen and oxygen atoms in total. The zero-order chi connectivity index (χ0) is 21.0. The number of hydrogen-bond donors (Lipinski definition) is 0. The Balaban J connectivity index is 1.63. The summed E-state index contributed by atoms with van der Waals surface area (Å²) < 4.78 is 30.5. The molecule has 1 aliphatic heterocycles. The molecule has 0 saturated carbocycles. The van der Waals surface area contributed by atoms with Crippen molar-refractivity contribution in [3.63, 3.8) is 0 Å². The lowest BCUT2D eigenvalue weighted by Gasteiger charge is -2.36. The Morgan fingerprint density at radius 3 is 2.03 bits per heavy atom. The van der Waals surface area contributed by atoms with Gasteiger partial charge in [-0.25, -0.2) is 8.42 Å². The van der Waals surface area contributed by atoms with Crippen molar-refractivity contribution in [3.05, 3.63) is 54.1 Å². The number of carbonyl (C=O) groups is 1. The Labute approximate surface area is 171 Å². The van der Waals surface area contributed by atoms with Gasteiger partial charge < -0.3 is 14.5 Å². The van der Waals surface area contributed by atoms with Gasteiger partial charge in [-0.2, -0.15) is 0 Å². The van der Waals surface area contributed by atoms with Gasteiger partial charge in [-0.3, -0.25) is 9.63 Å². The molecule has 1 aliphatic rings. The van der Waals surface area contributed by atoms with Crippen LogP contribution >= 0.6 is 0 Å². The predicted molar refractivity (Wildman–Crippen MR) is 110 cm³/mol. The van der Waals surface area contributed by atoms with Gasteiger partial charge in [0.15, 0.2) is 0 Å². The SMILES string of the molecule is COc1ccc(N2CCN(C(=O)c3ccc(S(=O)(=O)N(C)OC)cc3)CC2)cc1. The number of rotatable bonds is 6. The van der Waals surface area contributed by atoms with Gasteiger partial charge in [-0.05, 0) is 48.5 Å². The van der Waals surface area contributed by atoms with Gasteiger partial charge in [0.2, 0.25) is 0 Å². The molecule has 1 amide bonds. The second-order valence-electron chi connectivity index (χ2n) is 6.60. The summed E-state index contributed by atoms with van der Waals surface area (Å²) in [7, 11) is 0.502. The number of piperazine rings is 1. The Morgan fingerprint density at radius 1 is 0.931 bits per heavy atom. The van der Waals surface area contributed by atoms with Crippen LogP contribution < -0.4 is 9.64 Å². The Bertz CT molecular complexity index is 937. The van der Waals surface area contributed by atoms with Crippen molar-refractivity contribution >= 4 is 21.6 Å². The van der Waals surface area contributed by atoms with Gasteiger partial charge in [-0.1, -0.05) is 4.47 Å². The summed E-state index contributed by atoms with van der Waals surface area (Å²) in [6.45, 7) is 2.64. The van der Waals surface area contributed by atoms with Crippen molar-refractivity contribution in [1.82, 2.24) is 9.37 Å². The van der Waals surface area contributed by atoms with Gasteiger partial charge in [0.1, 0.15) is 5.75 Å². The molecule has 0 radical (unpaired) electrons. The average molecular weight is 420 g/mol. The fraction of sp³-hybridized carbons (Fsp3) is 0.350. The maximum Gasteiger partial charge on any atom is 0.264 e. The van der Waals surface area contributed by atoms with Crippen molar-refractivity contribution in [2.75, 3.05) is 52.3 Å². The summed E-state index contributed by atoms with van der Waals surface area (Å²) in [4.78, 5) is 21.6. The molecular weight excluding hydrogens is 394 g/mol. The Kier molecular flexibility index (Phi) is 6.41. The summed E-state index contributed by atoms with van der Waals surface area (Å²) in [6, 6.07) is 13.8. The van der Waals surface area contributed by atoms with Crippen LogP contribution in [0.3, 0.4) is 0 Å². The lowest BCUT2D eigenvalue weighted by molar-refractivity contribution is -0.0258. The quantitative estimate of drug-likeness (QED) is 0.665. The van der Waals surface area contributed by atoms with Gasteiger partial charge in [0.05, 0.1) is 19.1 Å². The zero-order valence-electron chi connectivity index (χ0n) is 16.7. The highest BCUT2D eigenvalue weighted by Crippen LogP contribution is 2.21. The largest absolute Gasteiger partial charge is 0.497 e. The summed E-state index contributed by atoms with van der Waals surface area (Å²) in [5.41, 5.74) is 1.55. The van der Waals surface area contributed by atoms with Gasteiger partial charge in [-0.15, -0.1) is 0 Å². The van der Waals surface area contributed by atoms with Crippen LogP contribution in [0.4, 0.5) is 5.69 Å². The molecule has 0 aromatic heterocycles. The minimum Gasteiger partial charge on any atom is -0.497 e. The van der Waals surface area contributed by atoms with E-state index in [1.54, 1.807) is 12.0 Å². The van der Waals surface area contributed by atoms with E-state index in [2.05, 4.69) is 4.90 Å². The van der Waals surface area contributed by atoms with E-state index in [9.17, 15) is 13.2 Å². The van der Waals surface area contributed by atoms with Crippen LogP contribution in [0.1, 0.15) is 10.4 Å². The number of hydrogen-bond acceptors (Lipinski definition) is 6. The molecule has 0 aliphatic carbocycles. The molecule has 2 aromatic carbocycles. The first-order valence-electron chi connectivity index (χ1n) is 9.18. The number of sulfonamides is 1. The van der Waals surface area contributed by atoms with Crippen LogP contribution in [0.2, 0.25) is 0 Å². The molecule has 0 unspecified atom stereocenters. The number of anilines is 1. The van der Waals surface area contributed by atoms with E-state index in [1.807, 2.05) is 24.3 Å². The summed E-state index contributed by atoms with van der Waals surface area (Å²) >= 11 is 0. The summed E-state index contributed by atoms with van der Waals surface area (Å²) in [5, 5.41) is 0. The molecule has 0 atom stereocenters. The van der Waals surface area contributed by atoms with Gasteiger partial charge in [0, 0.05) is 44.5 Å². The molecule has 1 saturated heterocycles. The fourth-order valence-corrected chi connectivity index (χ4v) is 4.13. The van der Waals surface area contributed by atoms with E-state index in [0.29, 0.717) is 18.7 Å². The number of carbonyl (C=O) groups excluding carboxylic acids is 1. The smallest absolute Gasteiger partial charge is 0.264 e. The first-order chi connectivity index (χ1) is 13.9. The molecule has 156 valence electrons. The van der Waals surface area contributed by atoms with E-state index in [0.717, 1.165) is 29.0 Å². The van der Waals surface area contributed by atoms with E-state index < -0.39 is 10.0 Å². The molecule has 0 spiro atoms. The maximum atomic E-state index is 12.8. The lowest BCUT2D eigenvalue weighted by atomic mass is 10.1. The minimum atomic E-state index is -3.73. The highest BCUT2D eigenvalue weighted by molar-refractivity contribution is 7.89. The average Bonchev–Trinajstić information content (AvgIpc) is 2.78. The van der Waals surface area contributed by atoms with Crippen LogP contribution in [0, 0.1) is 0 Å². The summed E-state index contributed by atoms with van der Waals surface area (Å²) in [5.74, 6) is 0.702. The highest BCUT2D eigenvalue weighted by Gasteiger charge is 2.24. The van der Waals surface area contributed by atoms with Gasteiger partial charge in [0.25, 0.3) is 15.9 Å². The Morgan fingerprint density at radius 2 is 1.52 bits per heavy atom. The van der Waals surface area contributed by atoms with E-state index in [1.165, 1.54) is 38.4 Å². The Hall–Kier alpha value is -2.62. The van der Waals surface area contributed by atoms with Crippen LogP contribution in [0.25, 0.3) is 0 Å². The third-order valence-corrected chi connectivity index (χ3v) is 6.69. The number of benzene rings is 2. The monoisotopic (exact) mass is 419 g/mol. The molecule has 0 N–H and O–H groups in total. The van der Waals surface area contributed by atoms with Crippen molar-refractivity contribution < 1.29 is 22.8 Å². The second kappa shape index (κ2) is 8.81. The molecular formula is C20H25N3O5S. The molecule has 0 bridgehead atoms. The number of methoxy groups -OCH3 is 1. The van der Waals surface area contributed by atoms with Crippen molar-refractivity contribution in [3.8, 4) is 5.75 Å². The van der Waals surface area contributed by atoms with Crippen LogP contribution in [-0.4, -0.2) is 71.1 Å². The van der Waals surface area contributed by atoms with Crippen LogP contribution in [0.15, 0.2) is 53.4 Å².